The standard InChI is InChI=1S/C9H9N3O/c10-8-7(12-8)9(13)11-6-4-2-1-3-5-6/h1-5,7H,(H2,10,12)(H,11,13). The van der Waals surface area contributed by atoms with Crippen LogP contribution in [-0.2, 0) is 4.79 Å². The minimum atomic E-state index is -0.430. The zero-order valence-corrected chi connectivity index (χ0v) is 6.90. The summed E-state index contributed by atoms with van der Waals surface area (Å²) >= 11 is 0. The summed E-state index contributed by atoms with van der Waals surface area (Å²) in [5.41, 5.74) is 6.08. The van der Waals surface area contributed by atoms with E-state index < -0.39 is 6.04 Å². The lowest BCUT2D eigenvalue weighted by Gasteiger charge is -2.01. The van der Waals surface area contributed by atoms with Gasteiger partial charge in [-0.05, 0) is 12.1 Å². The van der Waals surface area contributed by atoms with Gasteiger partial charge < -0.3 is 11.1 Å². The first kappa shape index (κ1) is 7.79. The number of hydrogen-bond acceptors (Lipinski definition) is 3. The summed E-state index contributed by atoms with van der Waals surface area (Å²) in [7, 11) is 0. The van der Waals surface area contributed by atoms with E-state index in [0.29, 0.717) is 5.84 Å². The van der Waals surface area contributed by atoms with Crippen molar-refractivity contribution >= 4 is 17.4 Å². The van der Waals surface area contributed by atoms with Crippen molar-refractivity contribution in [1.82, 2.24) is 0 Å². The Balaban J connectivity index is 1.96. The molecule has 1 heterocycles. The molecule has 1 unspecified atom stereocenters. The average molecular weight is 175 g/mol. The number of carbonyl (C=O) groups excluding carboxylic acids is 1. The molecule has 0 radical (unpaired) electrons. The monoisotopic (exact) mass is 175 g/mol. The normalized spacial score (nSPS) is 19.1. The second kappa shape index (κ2) is 2.90. The van der Waals surface area contributed by atoms with Gasteiger partial charge in [0.2, 0.25) is 0 Å². The number of amides is 1. The molecule has 0 saturated carbocycles. The van der Waals surface area contributed by atoms with Gasteiger partial charge in [0.15, 0.2) is 6.04 Å². The van der Waals surface area contributed by atoms with E-state index in [-0.39, 0.29) is 5.91 Å². The number of carbonyl (C=O) groups is 1. The summed E-state index contributed by atoms with van der Waals surface area (Å²) in [6.45, 7) is 0. The first-order valence-corrected chi connectivity index (χ1v) is 3.96. The molecule has 13 heavy (non-hydrogen) atoms. The van der Waals surface area contributed by atoms with E-state index in [9.17, 15) is 4.79 Å². The molecule has 1 aromatic rings. The summed E-state index contributed by atoms with van der Waals surface area (Å²) in [6.07, 6.45) is 0. The molecular weight excluding hydrogens is 166 g/mol. The van der Waals surface area contributed by atoms with Crippen LogP contribution in [0, 0.1) is 0 Å². The highest BCUT2D eigenvalue weighted by molar-refractivity contribution is 6.19. The summed E-state index contributed by atoms with van der Waals surface area (Å²) in [5.74, 6) is 0.247. The second-order valence-corrected chi connectivity index (χ2v) is 2.81. The maximum absolute atomic E-state index is 11.3. The van der Waals surface area contributed by atoms with E-state index in [4.69, 9.17) is 5.73 Å². The minimum Gasteiger partial charge on any atom is -0.385 e. The highest BCUT2D eigenvalue weighted by atomic mass is 16.2. The molecule has 66 valence electrons. The molecule has 1 aromatic carbocycles. The highest BCUT2D eigenvalue weighted by Crippen LogP contribution is 2.11. The van der Waals surface area contributed by atoms with Gasteiger partial charge in [0.25, 0.3) is 5.91 Å². The van der Waals surface area contributed by atoms with Crippen LogP contribution in [0.5, 0.6) is 0 Å². The predicted molar refractivity (Wildman–Crippen MR) is 50.5 cm³/mol. The van der Waals surface area contributed by atoms with E-state index in [1.807, 2.05) is 30.3 Å². The molecule has 0 fully saturated rings. The molecule has 4 heteroatoms. The van der Waals surface area contributed by atoms with Crippen LogP contribution in [0.1, 0.15) is 0 Å². The number of benzene rings is 1. The molecule has 1 amide bonds. The Morgan fingerprint density at radius 2 is 2.00 bits per heavy atom. The fraction of sp³-hybridized carbons (Fsp3) is 0.111. The molecule has 1 atom stereocenters. The number of anilines is 1. The van der Waals surface area contributed by atoms with Gasteiger partial charge in [0, 0.05) is 5.69 Å². The lowest BCUT2D eigenvalue weighted by Crippen LogP contribution is -2.24. The third-order valence-corrected chi connectivity index (χ3v) is 1.78. The molecule has 1 aliphatic heterocycles. The third-order valence-electron chi connectivity index (χ3n) is 1.78. The molecule has 2 rings (SSSR count). The van der Waals surface area contributed by atoms with Crippen LogP contribution >= 0.6 is 0 Å². The van der Waals surface area contributed by atoms with Gasteiger partial charge in [-0.25, -0.2) is 4.99 Å². The fourth-order valence-electron chi connectivity index (χ4n) is 1.04. The summed E-state index contributed by atoms with van der Waals surface area (Å²) in [5, 5.41) is 2.70. The van der Waals surface area contributed by atoms with E-state index in [2.05, 4.69) is 10.3 Å². The van der Waals surface area contributed by atoms with E-state index in [1.54, 1.807) is 0 Å². The number of nitrogens with zero attached hydrogens (tertiary/aromatic N) is 1. The van der Waals surface area contributed by atoms with Crippen molar-refractivity contribution in [3.8, 4) is 0 Å². The van der Waals surface area contributed by atoms with Gasteiger partial charge in [0.1, 0.15) is 5.84 Å². The molecule has 0 aromatic heterocycles. The molecule has 0 saturated heterocycles. The maximum Gasteiger partial charge on any atom is 0.257 e. The largest absolute Gasteiger partial charge is 0.385 e. The quantitative estimate of drug-likeness (QED) is 0.681. The van der Waals surface area contributed by atoms with Crippen LogP contribution in [0.2, 0.25) is 0 Å². The van der Waals surface area contributed by atoms with Crippen LogP contribution < -0.4 is 11.1 Å². The molecule has 0 bridgehead atoms. The SMILES string of the molecule is NC1=NC1C(=O)Nc1ccccc1. The first-order chi connectivity index (χ1) is 6.27. The van der Waals surface area contributed by atoms with Crippen molar-refractivity contribution in [1.29, 1.82) is 0 Å². The van der Waals surface area contributed by atoms with Crippen molar-refractivity contribution in [3.63, 3.8) is 0 Å². The minimum absolute atomic E-state index is 0.163. The van der Waals surface area contributed by atoms with Crippen LogP contribution in [0.25, 0.3) is 0 Å². The average Bonchev–Trinajstić information content (AvgIpc) is 2.84. The van der Waals surface area contributed by atoms with Crippen LogP contribution in [0.3, 0.4) is 0 Å². The smallest absolute Gasteiger partial charge is 0.257 e. The zero-order chi connectivity index (χ0) is 9.26. The predicted octanol–water partition coefficient (Wildman–Crippen LogP) is 0.364. The van der Waals surface area contributed by atoms with E-state index in [0.717, 1.165) is 5.69 Å². The molecule has 0 spiro atoms. The number of amidine groups is 1. The summed E-state index contributed by atoms with van der Waals surface area (Å²) in [6, 6.07) is 8.80. The summed E-state index contributed by atoms with van der Waals surface area (Å²) in [4.78, 5) is 15.0. The Hall–Kier alpha value is -1.84. The topological polar surface area (TPSA) is 67.5 Å². The Kier molecular flexibility index (Phi) is 1.73. The molecule has 0 aliphatic carbocycles. The molecular formula is C9H9N3O. The van der Waals surface area contributed by atoms with Crippen LogP contribution in [0.4, 0.5) is 5.69 Å². The summed E-state index contributed by atoms with van der Waals surface area (Å²) < 4.78 is 0. The van der Waals surface area contributed by atoms with Gasteiger partial charge in [-0.15, -0.1) is 0 Å². The van der Waals surface area contributed by atoms with Crippen molar-refractivity contribution in [2.75, 3.05) is 5.32 Å². The van der Waals surface area contributed by atoms with Gasteiger partial charge in [-0.1, -0.05) is 18.2 Å². The first-order valence-electron chi connectivity index (χ1n) is 3.96. The van der Waals surface area contributed by atoms with Crippen molar-refractivity contribution < 1.29 is 4.79 Å². The Morgan fingerprint density at radius 1 is 1.38 bits per heavy atom. The Bertz CT molecular complexity index is 358. The highest BCUT2D eigenvalue weighted by Gasteiger charge is 2.32. The van der Waals surface area contributed by atoms with E-state index >= 15 is 0 Å². The third kappa shape index (κ3) is 1.66. The second-order valence-electron chi connectivity index (χ2n) is 2.81. The maximum atomic E-state index is 11.3. The zero-order valence-electron chi connectivity index (χ0n) is 6.90. The van der Waals surface area contributed by atoms with Gasteiger partial charge in [-0.2, -0.15) is 0 Å². The van der Waals surface area contributed by atoms with Gasteiger partial charge >= 0.3 is 0 Å². The van der Waals surface area contributed by atoms with Gasteiger partial charge in [-0.3, -0.25) is 4.79 Å². The molecule has 3 N–H and O–H groups in total. The number of rotatable bonds is 2. The van der Waals surface area contributed by atoms with Gasteiger partial charge in [0.05, 0.1) is 0 Å². The number of aliphatic imine (C=N–C) groups is 1. The number of para-hydroxylation sites is 1. The number of nitrogens with two attached hydrogens (primary N) is 1. The lowest BCUT2D eigenvalue weighted by atomic mass is 10.3. The Morgan fingerprint density at radius 3 is 2.54 bits per heavy atom. The van der Waals surface area contributed by atoms with Crippen molar-refractivity contribution in [2.24, 2.45) is 10.7 Å². The Labute approximate surface area is 75.5 Å². The van der Waals surface area contributed by atoms with Crippen LogP contribution in [-0.4, -0.2) is 17.8 Å². The van der Waals surface area contributed by atoms with Crippen molar-refractivity contribution in [3.05, 3.63) is 30.3 Å². The molecule has 1 aliphatic rings. The lowest BCUT2D eigenvalue weighted by molar-refractivity contribution is -0.115. The number of nitrogens with one attached hydrogen (secondary N) is 1. The molecule has 4 nitrogen and oxygen atoms in total. The van der Waals surface area contributed by atoms with E-state index in [1.165, 1.54) is 0 Å². The van der Waals surface area contributed by atoms with Crippen molar-refractivity contribution in [2.45, 2.75) is 6.04 Å². The number of hydrogen-bond donors (Lipinski definition) is 2. The van der Waals surface area contributed by atoms with Crippen LogP contribution in [0.15, 0.2) is 35.3 Å². The fourth-order valence-corrected chi connectivity index (χ4v) is 1.04.